The number of ketones is 1. The van der Waals surface area contributed by atoms with Crippen LogP contribution in [0.5, 0.6) is 5.75 Å². The molecule has 1 saturated heterocycles. The molecule has 1 aromatic carbocycles. The molecule has 2 heterocycles. The van der Waals surface area contributed by atoms with Crippen molar-refractivity contribution in [1.82, 2.24) is 26.3 Å². The fourth-order valence-electron chi connectivity index (χ4n) is 7.47. The molecule has 1 spiro atoms. The number of methoxy groups -OCH3 is 1. The van der Waals surface area contributed by atoms with Crippen LogP contribution in [-0.2, 0) is 28.8 Å². The zero-order valence-electron chi connectivity index (χ0n) is 30.8. The normalized spacial score (nSPS) is 23.2. The average Bonchev–Trinajstić information content (AvgIpc) is 3.67. The van der Waals surface area contributed by atoms with Crippen molar-refractivity contribution in [3.63, 3.8) is 0 Å². The van der Waals surface area contributed by atoms with Crippen LogP contribution in [-0.4, -0.2) is 77.7 Å². The van der Waals surface area contributed by atoms with E-state index in [4.69, 9.17) is 21.2 Å². The van der Waals surface area contributed by atoms with Crippen molar-refractivity contribution in [2.45, 2.75) is 135 Å². The van der Waals surface area contributed by atoms with Crippen LogP contribution in [0.3, 0.4) is 0 Å². The van der Waals surface area contributed by atoms with Gasteiger partial charge in [0.1, 0.15) is 23.4 Å². The number of likely N-dealkylation sites (tertiary alicyclic amines) is 1. The van der Waals surface area contributed by atoms with E-state index in [2.05, 4.69) is 21.4 Å². The van der Waals surface area contributed by atoms with E-state index in [9.17, 15) is 24.0 Å². The second-order valence-electron chi connectivity index (χ2n) is 15.9. The molecule has 3 fully saturated rings. The summed E-state index contributed by atoms with van der Waals surface area (Å²) in [6, 6.07) is 0.594. The van der Waals surface area contributed by atoms with Gasteiger partial charge in [0.2, 0.25) is 23.5 Å². The highest BCUT2D eigenvalue weighted by Crippen LogP contribution is 2.40. The van der Waals surface area contributed by atoms with Gasteiger partial charge in [0.05, 0.1) is 30.4 Å². The highest BCUT2D eigenvalue weighted by atomic mass is 35.5. The van der Waals surface area contributed by atoms with E-state index in [1.54, 1.807) is 13.2 Å². The Morgan fingerprint density at radius 1 is 1.08 bits per heavy atom. The maximum absolute atomic E-state index is 14.6. The van der Waals surface area contributed by atoms with Crippen LogP contribution in [0.15, 0.2) is 18.2 Å². The van der Waals surface area contributed by atoms with E-state index >= 15 is 0 Å². The van der Waals surface area contributed by atoms with Crippen LogP contribution in [0, 0.1) is 18.3 Å². The van der Waals surface area contributed by atoms with Gasteiger partial charge in [0.15, 0.2) is 0 Å². The van der Waals surface area contributed by atoms with Gasteiger partial charge in [-0.1, -0.05) is 65.0 Å². The lowest BCUT2D eigenvalue weighted by Gasteiger charge is -2.36. The number of hydroxylamine groups is 1. The molecule has 2 saturated carbocycles. The van der Waals surface area contributed by atoms with Crippen molar-refractivity contribution in [2.75, 3.05) is 13.7 Å². The number of ether oxygens (including phenoxy) is 1. The van der Waals surface area contributed by atoms with Gasteiger partial charge in [-0.3, -0.25) is 34.3 Å². The zero-order valence-corrected chi connectivity index (χ0v) is 31.5. The molecular weight excluding hydrogens is 674 g/mol. The summed E-state index contributed by atoms with van der Waals surface area (Å²) in [7, 11) is 1.55. The molecule has 0 bridgehead atoms. The first kappa shape index (κ1) is 38.6. The van der Waals surface area contributed by atoms with Gasteiger partial charge in [0, 0.05) is 24.4 Å². The van der Waals surface area contributed by atoms with Gasteiger partial charge in [-0.25, -0.2) is 0 Å². The molecule has 0 aromatic heterocycles. The van der Waals surface area contributed by atoms with Crippen LogP contribution in [0.2, 0.25) is 5.02 Å². The van der Waals surface area contributed by atoms with Gasteiger partial charge < -0.3 is 25.6 Å². The number of benzene rings is 1. The number of nitrogens with one attached hydrogen (secondary N) is 4. The molecule has 12 nitrogen and oxygen atoms in total. The summed E-state index contributed by atoms with van der Waals surface area (Å²) < 4.78 is 5.42. The third-order valence-corrected chi connectivity index (χ3v) is 10.7. The topological polar surface area (TPSA) is 155 Å². The number of Topliss-reactive ketones (excluding diaryl/α,β-unsaturated/α-hetero) is 1. The van der Waals surface area contributed by atoms with E-state index in [1.807, 2.05) is 46.8 Å². The molecule has 51 heavy (non-hydrogen) atoms. The van der Waals surface area contributed by atoms with E-state index < -0.39 is 52.6 Å². The molecule has 4 atom stereocenters. The van der Waals surface area contributed by atoms with Crippen molar-refractivity contribution in [2.24, 2.45) is 11.3 Å². The lowest BCUT2D eigenvalue weighted by Crippen LogP contribution is -2.59. The monoisotopic (exact) mass is 727 g/mol. The van der Waals surface area contributed by atoms with Gasteiger partial charge >= 0.3 is 0 Å². The Balaban J connectivity index is 1.43. The molecule has 2 aliphatic carbocycles. The van der Waals surface area contributed by atoms with Crippen LogP contribution in [0.4, 0.5) is 0 Å². The summed E-state index contributed by atoms with van der Waals surface area (Å²) in [6.45, 7) is 9.40. The van der Waals surface area contributed by atoms with Crippen molar-refractivity contribution < 1.29 is 33.5 Å². The van der Waals surface area contributed by atoms with Gasteiger partial charge in [-0.15, -0.1) is 0 Å². The number of carbonyl (C=O) groups excluding carboxylic acids is 5. The molecule has 2 aliphatic heterocycles. The standard InChI is InChI=1S/C38H54ClN5O7/c1-7-11-27(31(46)35(48)40-25-14-15-25)41-34(47)29-20-38(19-28(43-51-38)24-16-22(2)32(50-6)26(39)18-24)21-44(29)36(49)33(37(3,4)5)42-30(45)17-23-12-9-8-10-13-23/h16,18-19,23,25,27,29,33,43H,7-15,17,20-21H2,1-6H3,(H,40,48)(H,41,47)(H,42,45)/t27-,29-,33+,38-/m0/s1. The molecule has 5 rings (SSSR count). The van der Waals surface area contributed by atoms with E-state index in [0.717, 1.165) is 49.7 Å². The molecular formula is C38H54ClN5O7. The fourth-order valence-corrected chi connectivity index (χ4v) is 7.81. The molecule has 0 radical (unpaired) electrons. The lowest BCUT2D eigenvalue weighted by molar-refractivity contribution is -0.145. The third kappa shape index (κ3) is 9.24. The Morgan fingerprint density at radius 2 is 1.78 bits per heavy atom. The Hall–Kier alpha value is -3.64. The van der Waals surface area contributed by atoms with Crippen molar-refractivity contribution >= 4 is 46.7 Å². The summed E-state index contributed by atoms with van der Waals surface area (Å²) >= 11 is 6.51. The zero-order chi connectivity index (χ0) is 37.1. The maximum atomic E-state index is 14.6. The smallest absolute Gasteiger partial charge is 0.289 e. The predicted molar refractivity (Wildman–Crippen MR) is 193 cm³/mol. The van der Waals surface area contributed by atoms with Crippen LogP contribution < -0.4 is 26.2 Å². The second kappa shape index (κ2) is 15.9. The maximum Gasteiger partial charge on any atom is 0.289 e. The SMILES string of the molecule is CCC[C@H](NC(=O)[C@@H]1C[C@@]2(C=C(c3cc(C)c(OC)c(Cl)c3)NO2)CN1C(=O)[C@@H](NC(=O)CC1CCCCC1)C(C)(C)C)C(=O)C(=O)NC1CC1. The first-order chi connectivity index (χ1) is 24.1. The first-order valence-electron chi connectivity index (χ1n) is 18.4. The Morgan fingerprint density at radius 3 is 2.39 bits per heavy atom. The minimum absolute atomic E-state index is 0.00290. The van der Waals surface area contributed by atoms with Crippen LogP contribution in [0.25, 0.3) is 5.70 Å². The summed E-state index contributed by atoms with van der Waals surface area (Å²) in [6.07, 6.45) is 10.1. The van der Waals surface area contributed by atoms with Gasteiger partial charge in [0.25, 0.3) is 5.91 Å². The molecule has 1 aromatic rings. The lowest BCUT2D eigenvalue weighted by atomic mass is 9.84. The molecule has 0 unspecified atom stereocenters. The molecule has 4 amide bonds. The van der Waals surface area contributed by atoms with Gasteiger partial charge in [-0.05, 0) is 74.1 Å². The number of hydrogen-bond acceptors (Lipinski definition) is 8. The second-order valence-corrected chi connectivity index (χ2v) is 16.3. The number of nitrogens with zero attached hydrogens (tertiary/aromatic N) is 1. The van der Waals surface area contributed by atoms with E-state index in [0.29, 0.717) is 29.3 Å². The van der Waals surface area contributed by atoms with Crippen LogP contribution >= 0.6 is 11.6 Å². The summed E-state index contributed by atoms with van der Waals surface area (Å²) in [5, 5.41) is 8.98. The average molecular weight is 728 g/mol. The Labute approximate surface area is 306 Å². The van der Waals surface area contributed by atoms with Crippen molar-refractivity contribution in [3.8, 4) is 5.75 Å². The molecule has 4 N–H and O–H groups in total. The van der Waals surface area contributed by atoms with E-state index in [1.165, 1.54) is 11.3 Å². The fraction of sp³-hybridized carbons (Fsp3) is 0.658. The Kier molecular flexibility index (Phi) is 12.1. The largest absolute Gasteiger partial charge is 0.495 e. The van der Waals surface area contributed by atoms with Gasteiger partial charge in [-0.2, -0.15) is 0 Å². The number of carbonyl (C=O) groups is 5. The first-order valence-corrected chi connectivity index (χ1v) is 18.8. The summed E-state index contributed by atoms with van der Waals surface area (Å²) in [5.41, 5.74) is 3.35. The van der Waals surface area contributed by atoms with Crippen molar-refractivity contribution in [3.05, 3.63) is 34.4 Å². The molecule has 280 valence electrons. The van der Waals surface area contributed by atoms with E-state index in [-0.39, 0.29) is 37.3 Å². The number of rotatable bonds is 13. The quantitative estimate of drug-likeness (QED) is 0.217. The summed E-state index contributed by atoms with van der Waals surface area (Å²) in [4.78, 5) is 75.8. The highest BCUT2D eigenvalue weighted by Gasteiger charge is 2.54. The van der Waals surface area contributed by atoms with Crippen molar-refractivity contribution in [1.29, 1.82) is 0 Å². The predicted octanol–water partition coefficient (Wildman–Crippen LogP) is 4.51. The minimum atomic E-state index is -1.12. The summed E-state index contributed by atoms with van der Waals surface area (Å²) in [5.74, 6) is -1.76. The van der Waals surface area contributed by atoms with Crippen LogP contribution in [0.1, 0.15) is 109 Å². The third-order valence-electron chi connectivity index (χ3n) is 10.4. The number of amides is 4. The number of halogens is 1. The highest BCUT2D eigenvalue weighted by molar-refractivity contribution is 6.38. The molecule has 13 heteroatoms. The number of hydrogen-bond donors (Lipinski definition) is 4. The minimum Gasteiger partial charge on any atom is -0.495 e. The molecule has 4 aliphatic rings. The Bertz CT molecular complexity index is 1520. The number of aryl methyl sites for hydroxylation is 1.